The van der Waals surface area contributed by atoms with Gasteiger partial charge >= 0.3 is 12.0 Å². The molecule has 0 aliphatic carbocycles. The number of benzene rings is 2. The topological polar surface area (TPSA) is 350 Å². The fraction of sp³-hybridized carbons (Fsp3) is 0.689. The normalized spacial score (nSPS) is 20.8. The van der Waals surface area contributed by atoms with E-state index in [4.69, 9.17) is 29.6 Å². The molecular weight excluding hydrogens is 1170 g/mol. The minimum atomic E-state index is -3.98. The number of nitrogens with one attached hydrogen (secondary N) is 2. The summed E-state index contributed by atoms with van der Waals surface area (Å²) in [7, 11) is 2.04. The third kappa shape index (κ3) is 20.0. The molecule has 496 valence electrons. The van der Waals surface area contributed by atoms with E-state index in [2.05, 4.69) is 15.5 Å². The van der Waals surface area contributed by atoms with Gasteiger partial charge in [-0.1, -0.05) is 85.2 Å². The van der Waals surface area contributed by atoms with Crippen molar-refractivity contribution in [2.45, 2.75) is 156 Å². The minimum absolute atomic E-state index is 0.0640. The first kappa shape index (κ1) is 74.9. The van der Waals surface area contributed by atoms with Gasteiger partial charge in [0.2, 0.25) is 40.3 Å². The van der Waals surface area contributed by atoms with Crippen molar-refractivity contribution in [3.63, 3.8) is 0 Å². The molecule has 5 amide bonds. The average Bonchev–Trinajstić information content (AvgIpc) is 3.07. The number of hydrogen-bond acceptors (Lipinski definition) is 20. The number of ketones is 2. The average molecular weight is 1270 g/mol. The summed E-state index contributed by atoms with van der Waals surface area (Å²) >= 11 is 0. The smallest absolute Gasteiger partial charge is 0.410 e. The molecule has 4 rings (SSSR count). The highest BCUT2D eigenvalue weighted by molar-refractivity contribution is 7.88. The van der Waals surface area contributed by atoms with Crippen molar-refractivity contribution in [3.8, 4) is 5.75 Å². The Morgan fingerprint density at radius 3 is 2.03 bits per heavy atom. The first-order valence-corrected chi connectivity index (χ1v) is 31.9. The number of nitrogens with two attached hydrogens (primary N) is 1. The van der Waals surface area contributed by atoms with Crippen LogP contribution >= 0.6 is 0 Å². The van der Waals surface area contributed by atoms with Gasteiger partial charge in [-0.15, -0.1) is 0 Å². The molecule has 0 aromatic heterocycles. The molecule has 4 unspecified atom stereocenters. The van der Waals surface area contributed by atoms with Gasteiger partial charge in [0.05, 0.1) is 69.1 Å². The molecule has 13 atom stereocenters. The van der Waals surface area contributed by atoms with E-state index in [1.165, 1.54) is 39.5 Å². The van der Waals surface area contributed by atoms with Crippen LogP contribution in [0.3, 0.4) is 0 Å². The van der Waals surface area contributed by atoms with Crippen LogP contribution in [-0.2, 0) is 69.2 Å². The fourth-order valence-corrected chi connectivity index (χ4v) is 12.6. The zero-order valence-corrected chi connectivity index (χ0v) is 54.2. The number of hydrogen-bond donors (Lipinski definition) is 7. The van der Waals surface area contributed by atoms with Gasteiger partial charge in [0.25, 0.3) is 0 Å². The first-order valence-electron chi connectivity index (χ1n) is 30.1. The summed E-state index contributed by atoms with van der Waals surface area (Å²) < 4.78 is 55.4. The van der Waals surface area contributed by atoms with Gasteiger partial charge in [-0.3, -0.25) is 28.8 Å². The molecule has 8 N–H and O–H groups in total. The number of carbonyl (C=O) groups excluding carboxylic acids is 7. The summed E-state index contributed by atoms with van der Waals surface area (Å²) in [5, 5.41) is 47.3. The SMILES string of the molecule is CC[C@H](C)[C@@H]([C@@H](CC(=O)[N+]1([C@H](OC)[C@@H](C)C(=O)C[C@H](C)[C@@H](O)c2ccccc2)CCCC1)OC)N(C)C(=O)[C@@H](CC(=O)[C@H](C(C)C)N(C)C(=O)OCc1cc(NC(=O)CN(CCNC(=O)CON)S(C)(=O)=O)ccc1OC1OCC(O)C(O)C1O)C(C)C. The predicted octanol–water partition coefficient (Wildman–Crippen LogP) is 2.89. The molecule has 2 saturated heterocycles. The van der Waals surface area contributed by atoms with Gasteiger partial charge < -0.3 is 64.5 Å². The summed E-state index contributed by atoms with van der Waals surface area (Å²) in [6.07, 6.45) is -7.23. The largest absolute Gasteiger partial charge is 0.462 e. The molecule has 2 aliphatic heterocycles. The first-order chi connectivity index (χ1) is 41.4. The summed E-state index contributed by atoms with van der Waals surface area (Å²) in [6.45, 7) is 12.9. The fourth-order valence-electron chi connectivity index (χ4n) is 11.9. The molecule has 2 aliphatic rings. The quantitative estimate of drug-likeness (QED) is 0.0385. The molecule has 2 aromatic rings. The highest BCUT2D eigenvalue weighted by Gasteiger charge is 2.52. The van der Waals surface area contributed by atoms with Crippen LogP contribution in [0, 0.1) is 35.5 Å². The monoisotopic (exact) mass is 1260 g/mol. The Kier molecular flexibility index (Phi) is 29.4. The number of nitrogens with zero attached hydrogens (tertiary/aromatic N) is 4. The molecule has 2 aromatic carbocycles. The van der Waals surface area contributed by atoms with Crippen molar-refractivity contribution in [1.29, 1.82) is 0 Å². The van der Waals surface area contributed by atoms with Crippen molar-refractivity contribution in [1.82, 2.24) is 19.4 Å². The maximum Gasteiger partial charge on any atom is 0.410 e. The lowest BCUT2D eigenvalue weighted by atomic mass is 9.83. The van der Waals surface area contributed by atoms with Crippen LogP contribution in [-0.4, -0.2) is 218 Å². The standard InChI is InChI=1S/C61H97N7O19S/c1-14-38(6)54(49(82-11)31-52(74)68(26-18-19-27-68)59(83-12)40(8)45(69)28-39(7)55(75)41-20-16-15-17-21-41)65(9)58(78)44(36(2)3)30-46(70)53(37(4)5)66(10)61(79)85-33-42-29-43(22-23-48(42)87-60-57(77)56(76)47(71)34-84-60)64-50(72)32-67(88(13,80)81)25-24-63-51(73)35-86-62/h15-17,20-23,29,36-40,44,47,49,53-57,59-60,71,75-77H,14,18-19,24-28,30-35,62H2,1-13H3,(H-,63,64,72,73)/p+1/t38-,39-,40-,44-,47?,49+,53-,54-,55+,56?,57?,59+,60?/m0/s1. The zero-order valence-electron chi connectivity index (χ0n) is 53.4. The molecule has 0 bridgehead atoms. The molecule has 26 nitrogen and oxygen atoms in total. The number of amides is 5. The van der Waals surface area contributed by atoms with Gasteiger partial charge in [0, 0.05) is 84.3 Å². The molecule has 0 saturated carbocycles. The number of methoxy groups -OCH3 is 2. The Bertz CT molecular complexity index is 2740. The number of Topliss-reactive ketones (excluding diaryl/α,β-unsaturated/α-hetero) is 2. The van der Waals surface area contributed by atoms with Gasteiger partial charge in [-0.25, -0.2) is 28.4 Å². The van der Waals surface area contributed by atoms with Gasteiger partial charge in [-0.05, 0) is 54.4 Å². The third-order valence-electron chi connectivity index (χ3n) is 17.1. The van der Waals surface area contributed by atoms with Gasteiger partial charge in [0.1, 0.15) is 43.1 Å². The van der Waals surface area contributed by atoms with Crippen molar-refractivity contribution >= 4 is 57.0 Å². The second-order valence-corrected chi connectivity index (χ2v) is 26.2. The summed E-state index contributed by atoms with van der Waals surface area (Å²) in [5.41, 5.74) is 0.838. The van der Waals surface area contributed by atoms with E-state index in [0.29, 0.717) is 25.1 Å². The molecule has 0 radical (unpaired) electrons. The Balaban J connectivity index is 1.55. The van der Waals surface area contributed by atoms with Crippen molar-refractivity contribution in [2.75, 3.05) is 85.8 Å². The number of sulfonamides is 1. The number of rotatable bonds is 35. The number of aliphatic hydroxyl groups is 4. The lowest BCUT2D eigenvalue weighted by Crippen LogP contribution is -2.63. The van der Waals surface area contributed by atoms with Gasteiger partial charge in [0.15, 0.2) is 5.78 Å². The lowest BCUT2D eigenvalue weighted by molar-refractivity contribution is -0.895. The van der Waals surface area contributed by atoms with Crippen LogP contribution in [0.5, 0.6) is 5.75 Å². The molecule has 2 fully saturated rings. The van der Waals surface area contributed by atoms with E-state index >= 15 is 9.59 Å². The van der Waals surface area contributed by atoms with E-state index in [1.807, 2.05) is 65.0 Å². The Hall–Kier alpha value is -5.56. The highest BCUT2D eigenvalue weighted by Crippen LogP contribution is 2.36. The second kappa shape index (κ2) is 34.6. The highest BCUT2D eigenvalue weighted by atomic mass is 32.2. The Morgan fingerprint density at radius 1 is 0.818 bits per heavy atom. The van der Waals surface area contributed by atoms with E-state index in [1.54, 1.807) is 32.7 Å². The number of likely N-dealkylation sites (N-methyl/N-ethyl adjacent to an activating group) is 2. The van der Waals surface area contributed by atoms with Crippen LogP contribution in [0.25, 0.3) is 0 Å². The number of anilines is 1. The second-order valence-electron chi connectivity index (χ2n) is 24.2. The summed E-state index contributed by atoms with van der Waals surface area (Å²) in [5.74, 6) is -0.832. The Morgan fingerprint density at radius 2 is 1.47 bits per heavy atom. The van der Waals surface area contributed by atoms with E-state index in [-0.39, 0.29) is 83.3 Å². The van der Waals surface area contributed by atoms with E-state index in [9.17, 15) is 52.8 Å². The minimum Gasteiger partial charge on any atom is -0.462 e. The summed E-state index contributed by atoms with van der Waals surface area (Å²) in [6, 6.07) is 11.4. The van der Waals surface area contributed by atoms with Gasteiger partial charge in [-0.2, -0.15) is 4.31 Å². The number of likely N-dealkylation sites (tertiary alicyclic amines) is 1. The van der Waals surface area contributed by atoms with E-state index in [0.717, 1.165) is 28.3 Å². The van der Waals surface area contributed by atoms with Crippen molar-refractivity contribution < 1.29 is 95.4 Å². The van der Waals surface area contributed by atoms with Crippen LogP contribution < -0.4 is 21.3 Å². The third-order valence-corrected chi connectivity index (χ3v) is 18.3. The zero-order chi connectivity index (χ0) is 66.0. The number of aliphatic hydroxyl groups excluding tert-OH is 4. The lowest BCUT2D eigenvalue weighted by Gasteiger charge is -2.43. The molecule has 0 spiro atoms. The van der Waals surface area contributed by atoms with E-state index < -0.39 is 139 Å². The maximum atomic E-state index is 15.0. The maximum absolute atomic E-state index is 15.0. The molecule has 2 heterocycles. The number of ether oxygens (including phenoxy) is 5. The Labute approximate surface area is 518 Å². The molecule has 88 heavy (non-hydrogen) atoms. The number of carbonyl (C=O) groups is 7. The molecular formula is C61H98N7O19S+. The number of quaternary nitrogens is 1. The van der Waals surface area contributed by atoms with Crippen LogP contribution in [0.2, 0.25) is 0 Å². The van der Waals surface area contributed by atoms with Crippen molar-refractivity contribution in [2.24, 2.45) is 41.4 Å². The summed E-state index contributed by atoms with van der Waals surface area (Å²) in [4.78, 5) is 105. The predicted molar refractivity (Wildman–Crippen MR) is 323 cm³/mol. The van der Waals surface area contributed by atoms with Crippen LogP contribution in [0.4, 0.5) is 10.5 Å². The molecule has 27 heteroatoms. The van der Waals surface area contributed by atoms with Crippen LogP contribution in [0.15, 0.2) is 48.5 Å². The van der Waals surface area contributed by atoms with Crippen molar-refractivity contribution in [3.05, 3.63) is 59.7 Å². The van der Waals surface area contributed by atoms with Crippen LogP contribution in [0.1, 0.15) is 111 Å².